The fourth-order valence-corrected chi connectivity index (χ4v) is 1.65. The maximum atomic E-state index is 11.6. The van der Waals surface area contributed by atoms with Gasteiger partial charge in [0.2, 0.25) is 5.78 Å². The topological polar surface area (TPSA) is 113 Å². The molecule has 0 fully saturated rings. The van der Waals surface area contributed by atoms with Crippen molar-refractivity contribution in [2.45, 2.75) is 18.9 Å². The lowest BCUT2D eigenvalue weighted by Crippen LogP contribution is -2.25. The number of nitro groups is 1. The highest BCUT2D eigenvalue weighted by atomic mass is 16.6. The molecular weight excluding hydrogens is 228 g/mol. The molecule has 0 saturated heterocycles. The summed E-state index contributed by atoms with van der Waals surface area (Å²) in [7, 11) is 1.48. The van der Waals surface area contributed by atoms with Gasteiger partial charge in [-0.1, -0.05) is 5.57 Å². The molecule has 0 radical (unpaired) electrons. The van der Waals surface area contributed by atoms with Gasteiger partial charge in [0, 0.05) is 13.5 Å². The predicted molar refractivity (Wildman–Crippen MR) is 58.5 cm³/mol. The largest absolute Gasteiger partial charge is 0.394 e. The van der Waals surface area contributed by atoms with Crippen LogP contribution in [0.3, 0.4) is 0 Å². The zero-order valence-corrected chi connectivity index (χ0v) is 9.34. The van der Waals surface area contributed by atoms with Crippen LogP contribution in [0.4, 0.5) is 0 Å². The van der Waals surface area contributed by atoms with Crippen LogP contribution in [0.25, 0.3) is 0 Å². The van der Waals surface area contributed by atoms with E-state index in [2.05, 4.69) is 5.32 Å². The van der Waals surface area contributed by atoms with Crippen LogP contribution in [-0.4, -0.2) is 40.7 Å². The van der Waals surface area contributed by atoms with Crippen LogP contribution in [0.5, 0.6) is 0 Å². The molecule has 0 bridgehead atoms. The number of nitrogens with one attached hydrogen (secondary N) is 1. The molecule has 1 rings (SSSR count). The van der Waals surface area contributed by atoms with Crippen LogP contribution in [-0.2, 0) is 4.79 Å². The van der Waals surface area contributed by atoms with Crippen LogP contribution >= 0.6 is 0 Å². The van der Waals surface area contributed by atoms with E-state index >= 15 is 0 Å². The minimum Gasteiger partial charge on any atom is -0.394 e. The molecule has 7 nitrogen and oxygen atoms in total. The highest BCUT2D eigenvalue weighted by Crippen LogP contribution is 2.23. The Kier molecular flexibility index (Phi) is 4.36. The fourth-order valence-electron chi connectivity index (χ4n) is 1.65. The normalized spacial score (nSPS) is 17.8. The van der Waals surface area contributed by atoms with Crippen LogP contribution in [0, 0.1) is 10.1 Å². The minimum atomic E-state index is -0.954. The number of aliphatic hydroxyl groups is 2. The van der Waals surface area contributed by atoms with Gasteiger partial charge in [-0.05, 0) is 12.5 Å². The lowest BCUT2D eigenvalue weighted by atomic mass is 9.95. The number of hydrogen-bond donors (Lipinski definition) is 3. The van der Waals surface area contributed by atoms with Crippen LogP contribution in [0.15, 0.2) is 23.0 Å². The van der Waals surface area contributed by atoms with Crippen LogP contribution < -0.4 is 5.32 Å². The molecule has 0 aromatic rings. The molecule has 7 heteroatoms. The van der Waals surface area contributed by atoms with Crippen molar-refractivity contribution >= 4 is 5.78 Å². The van der Waals surface area contributed by atoms with Gasteiger partial charge < -0.3 is 15.5 Å². The summed E-state index contributed by atoms with van der Waals surface area (Å²) < 4.78 is 0. The number of nitrogens with zero attached hydrogens (tertiary/aromatic N) is 1. The summed E-state index contributed by atoms with van der Waals surface area (Å²) in [5, 5.41) is 31.2. The van der Waals surface area contributed by atoms with Crippen molar-refractivity contribution in [1.29, 1.82) is 0 Å². The summed E-state index contributed by atoms with van der Waals surface area (Å²) in [6.45, 7) is -0.410. The van der Waals surface area contributed by atoms with E-state index in [1.807, 2.05) is 0 Å². The number of likely N-dealkylation sites (N-methyl/N-ethyl adjacent to an activating group) is 1. The average Bonchev–Trinajstić information content (AvgIpc) is 2.27. The van der Waals surface area contributed by atoms with E-state index in [0.29, 0.717) is 5.57 Å². The van der Waals surface area contributed by atoms with E-state index in [-0.39, 0.29) is 18.5 Å². The van der Waals surface area contributed by atoms with Crippen molar-refractivity contribution in [1.82, 2.24) is 5.32 Å². The first-order valence-corrected chi connectivity index (χ1v) is 5.07. The van der Waals surface area contributed by atoms with Gasteiger partial charge in [-0.15, -0.1) is 0 Å². The zero-order valence-electron chi connectivity index (χ0n) is 9.34. The average molecular weight is 242 g/mol. The first-order valence-electron chi connectivity index (χ1n) is 5.07. The van der Waals surface area contributed by atoms with Gasteiger partial charge in [-0.25, -0.2) is 0 Å². The molecule has 3 N–H and O–H groups in total. The smallest absolute Gasteiger partial charge is 0.335 e. The maximum Gasteiger partial charge on any atom is 0.335 e. The Bertz CT molecular complexity index is 400. The third kappa shape index (κ3) is 3.11. The quantitative estimate of drug-likeness (QED) is 0.435. The number of aliphatic hydroxyl groups excluding tert-OH is 2. The number of Topliss-reactive ketones (excluding diaryl/α,β-unsaturated/α-hetero) is 1. The molecule has 0 aromatic heterocycles. The Morgan fingerprint density at radius 1 is 1.65 bits per heavy atom. The van der Waals surface area contributed by atoms with Gasteiger partial charge in [0.1, 0.15) is 5.70 Å². The summed E-state index contributed by atoms with van der Waals surface area (Å²) in [6.07, 6.45) is 0.541. The summed E-state index contributed by atoms with van der Waals surface area (Å²) >= 11 is 0. The molecule has 1 atom stereocenters. The Morgan fingerprint density at radius 2 is 2.29 bits per heavy atom. The lowest BCUT2D eigenvalue weighted by molar-refractivity contribution is -0.420. The first-order chi connectivity index (χ1) is 7.99. The van der Waals surface area contributed by atoms with Gasteiger partial charge in [0.25, 0.3) is 0 Å². The number of carbonyl (C=O) groups is 1. The molecule has 0 aliphatic heterocycles. The number of ketones is 1. The van der Waals surface area contributed by atoms with Gasteiger partial charge in [-0.2, -0.15) is 0 Å². The molecule has 0 amide bonds. The summed E-state index contributed by atoms with van der Waals surface area (Å²) in [6, 6.07) is 0. The van der Waals surface area contributed by atoms with E-state index in [9.17, 15) is 20.0 Å². The summed E-state index contributed by atoms with van der Waals surface area (Å²) in [5.74, 6) is -0.595. The van der Waals surface area contributed by atoms with E-state index in [0.717, 1.165) is 0 Å². The molecular formula is C10H14N2O5. The molecule has 1 aliphatic rings. The van der Waals surface area contributed by atoms with E-state index in [4.69, 9.17) is 5.11 Å². The number of hydrogen-bond acceptors (Lipinski definition) is 6. The van der Waals surface area contributed by atoms with Crippen molar-refractivity contribution in [3.05, 3.63) is 33.2 Å². The van der Waals surface area contributed by atoms with E-state index in [1.165, 1.54) is 13.1 Å². The zero-order chi connectivity index (χ0) is 13.0. The second-order valence-electron chi connectivity index (χ2n) is 3.71. The summed E-state index contributed by atoms with van der Waals surface area (Å²) in [4.78, 5) is 21.5. The Morgan fingerprint density at radius 3 is 2.76 bits per heavy atom. The molecule has 17 heavy (non-hydrogen) atoms. The molecule has 1 aliphatic carbocycles. The number of rotatable bonds is 5. The van der Waals surface area contributed by atoms with E-state index < -0.39 is 29.1 Å². The van der Waals surface area contributed by atoms with Crippen molar-refractivity contribution in [2.75, 3.05) is 13.7 Å². The maximum absolute atomic E-state index is 11.6. The second kappa shape index (κ2) is 5.55. The van der Waals surface area contributed by atoms with E-state index in [1.54, 1.807) is 0 Å². The van der Waals surface area contributed by atoms with Crippen LogP contribution in [0.2, 0.25) is 0 Å². The molecule has 0 aromatic carbocycles. The van der Waals surface area contributed by atoms with Crippen molar-refractivity contribution < 1.29 is 19.9 Å². The fraction of sp³-hybridized carbons (Fsp3) is 0.500. The van der Waals surface area contributed by atoms with Crippen LogP contribution in [0.1, 0.15) is 12.8 Å². The first kappa shape index (κ1) is 13.3. The van der Waals surface area contributed by atoms with Gasteiger partial charge in [-0.3, -0.25) is 14.9 Å². The monoisotopic (exact) mass is 242 g/mol. The minimum absolute atomic E-state index is 0.0987. The van der Waals surface area contributed by atoms with Crippen molar-refractivity contribution in [3.63, 3.8) is 0 Å². The van der Waals surface area contributed by atoms with Gasteiger partial charge in [0.15, 0.2) is 0 Å². The second-order valence-corrected chi connectivity index (χ2v) is 3.71. The molecule has 0 heterocycles. The third-order valence-corrected chi connectivity index (χ3v) is 2.42. The van der Waals surface area contributed by atoms with Crippen molar-refractivity contribution in [2.24, 2.45) is 0 Å². The molecule has 0 saturated carbocycles. The molecule has 1 unspecified atom stereocenters. The molecule has 0 spiro atoms. The number of carbonyl (C=O) groups excluding carboxylic acids is 1. The van der Waals surface area contributed by atoms with Crippen molar-refractivity contribution in [3.8, 4) is 0 Å². The standard InChI is InChI=1S/C10H14N2O5/c1-11-8-3-6(2-7(14)5-13)4-9(15)10(8)12(16)17/h3,7,11,13-14H,2,4-5H2,1H3. The molecule has 94 valence electrons. The highest BCUT2D eigenvalue weighted by Gasteiger charge is 2.31. The Balaban J connectivity index is 3.00. The Labute approximate surface area is 97.6 Å². The van der Waals surface area contributed by atoms with Gasteiger partial charge >= 0.3 is 5.70 Å². The number of allylic oxidation sites excluding steroid dienone is 2. The predicted octanol–water partition coefficient (Wildman–Crippen LogP) is -0.663. The SMILES string of the molecule is CNC1=C([N+](=O)[O-])C(=O)CC(CC(O)CO)=C1. The Hall–Kier alpha value is -1.73. The van der Waals surface area contributed by atoms with Gasteiger partial charge in [0.05, 0.1) is 17.6 Å². The lowest BCUT2D eigenvalue weighted by Gasteiger charge is -2.15. The third-order valence-electron chi connectivity index (χ3n) is 2.42. The highest BCUT2D eigenvalue weighted by molar-refractivity contribution is 5.97. The summed E-state index contributed by atoms with van der Waals surface area (Å²) in [5.41, 5.74) is 0.229.